The highest BCUT2D eigenvalue weighted by molar-refractivity contribution is 5.77. The third-order valence-electron chi connectivity index (χ3n) is 4.44. The van der Waals surface area contributed by atoms with E-state index in [0.29, 0.717) is 12.0 Å². The maximum atomic E-state index is 11.9. The van der Waals surface area contributed by atoms with E-state index in [1.165, 1.54) is 25.9 Å². The van der Waals surface area contributed by atoms with Crippen molar-refractivity contribution in [3.8, 4) is 0 Å². The Labute approximate surface area is 122 Å². The van der Waals surface area contributed by atoms with Crippen LogP contribution in [0.3, 0.4) is 0 Å². The first-order valence-electron chi connectivity index (χ1n) is 7.86. The molecule has 5 nitrogen and oxygen atoms in total. The summed E-state index contributed by atoms with van der Waals surface area (Å²) in [6.45, 7) is 11.4. The molecule has 0 radical (unpaired) electrons. The van der Waals surface area contributed by atoms with Gasteiger partial charge in [0.2, 0.25) is 5.91 Å². The van der Waals surface area contributed by atoms with Gasteiger partial charge in [0.25, 0.3) is 0 Å². The summed E-state index contributed by atoms with van der Waals surface area (Å²) in [5.74, 6) is 0.561. The number of carbonyl (C=O) groups excluding carboxylic acids is 1. The second-order valence-electron chi connectivity index (χ2n) is 6.70. The van der Waals surface area contributed by atoms with Gasteiger partial charge in [-0.1, -0.05) is 13.8 Å². The van der Waals surface area contributed by atoms with Crippen molar-refractivity contribution >= 4 is 5.91 Å². The molecule has 0 aromatic rings. The van der Waals surface area contributed by atoms with E-state index >= 15 is 0 Å². The van der Waals surface area contributed by atoms with Crippen molar-refractivity contribution in [3.05, 3.63) is 0 Å². The molecule has 0 bridgehead atoms. The van der Waals surface area contributed by atoms with Crippen molar-refractivity contribution in [1.29, 1.82) is 0 Å². The predicted molar refractivity (Wildman–Crippen MR) is 79.7 cm³/mol. The van der Waals surface area contributed by atoms with E-state index in [-0.39, 0.29) is 18.1 Å². The molecule has 0 spiro atoms. The maximum absolute atomic E-state index is 11.9. The fourth-order valence-electron chi connectivity index (χ4n) is 2.95. The van der Waals surface area contributed by atoms with Crippen molar-refractivity contribution in [2.45, 2.75) is 45.3 Å². The monoisotopic (exact) mass is 283 g/mol. The molecule has 1 unspecified atom stereocenters. The van der Waals surface area contributed by atoms with Gasteiger partial charge in [-0.25, -0.2) is 0 Å². The van der Waals surface area contributed by atoms with Gasteiger partial charge >= 0.3 is 0 Å². The summed E-state index contributed by atoms with van der Waals surface area (Å²) in [7, 11) is 0. The standard InChI is InChI=1S/C15H29N3O2/c1-12(2)13(18-6-4-5-7-18)8-17-14(19)9-20-15(3)10-16-11-15/h12-13,16H,4-11H2,1-3H3,(H,17,19). The minimum atomic E-state index is -0.149. The number of rotatable bonds is 7. The van der Waals surface area contributed by atoms with Crippen molar-refractivity contribution < 1.29 is 9.53 Å². The first kappa shape index (κ1) is 15.7. The molecule has 2 fully saturated rings. The van der Waals surface area contributed by atoms with E-state index in [1.54, 1.807) is 0 Å². The Hall–Kier alpha value is -0.650. The largest absolute Gasteiger partial charge is 0.363 e. The number of amides is 1. The maximum Gasteiger partial charge on any atom is 0.246 e. The normalized spacial score (nSPS) is 23.6. The molecule has 0 saturated carbocycles. The highest BCUT2D eigenvalue weighted by Gasteiger charge is 2.33. The molecule has 116 valence electrons. The van der Waals surface area contributed by atoms with E-state index in [2.05, 4.69) is 29.4 Å². The Bertz CT molecular complexity index is 323. The van der Waals surface area contributed by atoms with E-state index in [4.69, 9.17) is 4.74 Å². The van der Waals surface area contributed by atoms with Crippen LogP contribution in [0, 0.1) is 5.92 Å². The first-order valence-corrected chi connectivity index (χ1v) is 7.86. The second-order valence-corrected chi connectivity index (χ2v) is 6.70. The van der Waals surface area contributed by atoms with Crippen LogP contribution in [0.4, 0.5) is 0 Å². The molecule has 0 aliphatic carbocycles. The fourth-order valence-corrected chi connectivity index (χ4v) is 2.95. The third kappa shape index (κ3) is 4.17. The molecule has 20 heavy (non-hydrogen) atoms. The zero-order chi connectivity index (χ0) is 14.6. The van der Waals surface area contributed by atoms with E-state index in [1.807, 2.05) is 6.92 Å². The van der Waals surface area contributed by atoms with Crippen molar-refractivity contribution in [1.82, 2.24) is 15.5 Å². The minimum Gasteiger partial charge on any atom is -0.363 e. The lowest BCUT2D eigenvalue weighted by Crippen LogP contribution is -2.59. The summed E-state index contributed by atoms with van der Waals surface area (Å²) >= 11 is 0. The highest BCUT2D eigenvalue weighted by atomic mass is 16.5. The predicted octanol–water partition coefficient (Wildman–Crippen LogP) is 0.602. The Morgan fingerprint density at radius 2 is 2.00 bits per heavy atom. The summed E-state index contributed by atoms with van der Waals surface area (Å²) in [4.78, 5) is 14.4. The zero-order valence-corrected chi connectivity index (χ0v) is 13.1. The Kier molecular flexibility index (Phi) is 5.41. The Balaban J connectivity index is 1.69. The number of hydrogen-bond acceptors (Lipinski definition) is 4. The lowest BCUT2D eigenvalue weighted by atomic mass is 10.0. The van der Waals surface area contributed by atoms with E-state index in [9.17, 15) is 4.79 Å². The molecule has 0 aromatic carbocycles. The van der Waals surface area contributed by atoms with Crippen molar-refractivity contribution in [2.24, 2.45) is 5.92 Å². The van der Waals surface area contributed by atoms with E-state index < -0.39 is 0 Å². The number of hydrogen-bond donors (Lipinski definition) is 2. The van der Waals surface area contributed by atoms with Gasteiger partial charge in [-0.05, 0) is 38.8 Å². The molecule has 2 aliphatic heterocycles. The van der Waals surface area contributed by atoms with Crippen LogP contribution in [-0.4, -0.2) is 61.8 Å². The Morgan fingerprint density at radius 1 is 1.35 bits per heavy atom. The smallest absolute Gasteiger partial charge is 0.246 e. The molecular formula is C15H29N3O2. The second kappa shape index (κ2) is 6.87. The number of nitrogens with one attached hydrogen (secondary N) is 2. The molecule has 5 heteroatoms. The first-order chi connectivity index (χ1) is 9.50. The molecule has 1 atom stereocenters. The van der Waals surface area contributed by atoms with Gasteiger partial charge in [0, 0.05) is 25.7 Å². The molecule has 0 aromatic heterocycles. The highest BCUT2D eigenvalue weighted by Crippen LogP contribution is 2.17. The number of ether oxygens (including phenoxy) is 1. The van der Waals surface area contributed by atoms with Crippen LogP contribution >= 0.6 is 0 Å². The topological polar surface area (TPSA) is 53.6 Å². The molecule has 2 saturated heterocycles. The van der Waals surface area contributed by atoms with Crippen molar-refractivity contribution in [2.75, 3.05) is 39.3 Å². The summed E-state index contributed by atoms with van der Waals surface area (Å²) in [6, 6.07) is 0.447. The molecule has 2 aliphatic rings. The van der Waals surface area contributed by atoms with Crippen LogP contribution in [0.1, 0.15) is 33.6 Å². The third-order valence-corrected chi connectivity index (χ3v) is 4.44. The Morgan fingerprint density at radius 3 is 2.50 bits per heavy atom. The van der Waals surface area contributed by atoms with Crippen LogP contribution in [0.2, 0.25) is 0 Å². The van der Waals surface area contributed by atoms with Gasteiger partial charge < -0.3 is 15.4 Å². The molecular weight excluding hydrogens is 254 g/mol. The van der Waals surface area contributed by atoms with Gasteiger partial charge in [-0.2, -0.15) is 0 Å². The lowest BCUT2D eigenvalue weighted by molar-refractivity contribution is -0.136. The number of nitrogens with zero attached hydrogens (tertiary/aromatic N) is 1. The lowest BCUT2D eigenvalue weighted by Gasteiger charge is -2.38. The summed E-state index contributed by atoms with van der Waals surface area (Å²) in [6.07, 6.45) is 2.57. The fraction of sp³-hybridized carbons (Fsp3) is 0.933. The molecule has 2 heterocycles. The average Bonchev–Trinajstić information content (AvgIpc) is 2.87. The van der Waals surface area contributed by atoms with Crippen LogP contribution in [0.5, 0.6) is 0 Å². The summed E-state index contributed by atoms with van der Waals surface area (Å²) < 4.78 is 5.66. The van der Waals surface area contributed by atoms with Gasteiger partial charge in [-0.15, -0.1) is 0 Å². The zero-order valence-electron chi connectivity index (χ0n) is 13.1. The van der Waals surface area contributed by atoms with E-state index in [0.717, 1.165) is 19.6 Å². The minimum absolute atomic E-state index is 0.00275. The van der Waals surface area contributed by atoms with Gasteiger partial charge in [-0.3, -0.25) is 9.69 Å². The molecule has 2 N–H and O–H groups in total. The van der Waals surface area contributed by atoms with Crippen molar-refractivity contribution in [3.63, 3.8) is 0 Å². The van der Waals surface area contributed by atoms with Gasteiger partial charge in [0.05, 0.1) is 5.60 Å². The average molecular weight is 283 g/mol. The summed E-state index contributed by atoms with van der Waals surface area (Å²) in [5.41, 5.74) is -0.149. The SMILES string of the molecule is CC(C)C(CNC(=O)COC1(C)CNC1)N1CCCC1. The van der Waals surface area contributed by atoms with Gasteiger partial charge in [0.15, 0.2) is 0 Å². The molecule has 2 rings (SSSR count). The number of likely N-dealkylation sites (tertiary alicyclic amines) is 1. The molecule has 1 amide bonds. The van der Waals surface area contributed by atoms with Crippen LogP contribution in [0.25, 0.3) is 0 Å². The quantitative estimate of drug-likeness (QED) is 0.718. The van der Waals surface area contributed by atoms with Gasteiger partial charge in [0.1, 0.15) is 6.61 Å². The van der Waals surface area contributed by atoms with Crippen LogP contribution in [0.15, 0.2) is 0 Å². The van der Waals surface area contributed by atoms with Crippen LogP contribution < -0.4 is 10.6 Å². The van der Waals surface area contributed by atoms with Crippen LogP contribution in [-0.2, 0) is 9.53 Å². The number of carbonyl (C=O) groups is 1. The summed E-state index contributed by atoms with van der Waals surface area (Å²) in [5, 5.41) is 6.20.